The second kappa shape index (κ2) is 7.04. The Morgan fingerprint density at radius 2 is 1.74 bits per heavy atom. The van der Waals surface area contributed by atoms with Gasteiger partial charge in [-0.3, -0.25) is 0 Å². The van der Waals surface area contributed by atoms with Crippen molar-refractivity contribution in [3.63, 3.8) is 0 Å². The lowest BCUT2D eigenvalue weighted by Gasteiger charge is -2.36. The predicted octanol–water partition coefficient (Wildman–Crippen LogP) is 1.83. The van der Waals surface area contributed by atoms with E-state index in [0.717, 1.165) is 0 Å². The van der Waals surface area contributed by atoms with E-state index in [1.54, 1.807) is 0 Å². The predicted molar refractivity (Wildman–Crippen MR) is 81.3 cm³/mol. The highest BCUT2D eigenvalue weighted by Gasteiger charge is 2.22. The molecular formula is C16H27N3. The highest BCUT2D eigenvalue weighted by Crippen LogP contribution is 2.22. The van der Waals surface area contributed by atoms with Crippen molar-refractivity contribution < 1.29 is 0 Å². The SMILES string of the molecule is CN[C@@H](c1ccccc1)[C@@H](C)CN1CCN(C)CC1. The van der Waals surface area contributed by atoms with E-state index in [9.17, 15) is 0 Å². The summed E-state index contributed by atoms with van der Waals surface area (Å²) in [5.74, 6) is 0.621. The van der Waals surface area contributed by atoms with Crippen LogP contribution in [0.1, 0.15) is 18.5 Å². The van der Waals surface area contributed by atoms with E-state index < -0.39 is 0 Å². The summed E-state index contributed by atoms with van der Waals surface area (Å²) in [6, 6.07) is 11.2. The molecule has 0 aromatic heterocycles. The van der Waals surface area contributed by atoms with Gasteiger partial charge in [0.25, 0.3) is 0 Å². The minimum atomic E-state index is 0.445. The van der Waals surface area contributed by atoms with Gasteiger partial charge in [0.15, 0.2) is 0 Å². The number of rotatable bonds is 5. The van der Waals surface area contributed by atoms with Crippen molar-refractivity contribution in [1.82, 2.24) is 15.1 Å². The Hall–Kier alpha value is -0.900. The summed E-state index contributed by atoms with van der Waals surface area (Å²) >= 11 is 0. The fraction of sp³-hybridized carbons (Fsp3) is 0.625. The molecule has 1 aromatic rings. The van der Waals surface area contributed by atoms with Gasteiger partial charge in [0, 0.05) is 38.8 Å². The van der Waals surface area contributed by atoms with Gasteiger partial charge < -0.3 is 15.1 Å². The molecule has 2 atom stereocenters. The third-order valence-electron chi connectivity index (χ3n) is 4.18. The fourth-order valence-electron chi connectivity index (χ4n) is 2.98. The highest BCUT2D eigenvalue weighted by molar-refractivity contribution is 5.19. The zero-order valence-corrected chi connectivity index (χ0v) is 12.5. The number of hydrogen-bond donors (Lipinski definition) is 1. The molecule has 1 saturated heterocycles. The summed E-state index contributed by atoms with van der Waals surface area (Å²) in [5.41, 5.74) is 1.40. The van der Waals surface area contributed by atoms with E-state index in [0.29, 0.717) is 12.0 Å². The molecule has 0 spiro atoms. The highest BCUT2D eigenvalue weighted by atomic mass is 15.2. The van der Waals surface area contributed by atoms with Crippen molar-refractivity contribution in [1.29, 1.82) is 0 Å². The lowest BCUT2D eigenvalue weighted by atomic mass is 9.94. The maximum absolute atomic E-state index is 3.48. The Bertz CT molecular complexity index is 358. The molecule has 3 heteroatoms. The summed E-state index contributed by atoms with van der Waals surface area (Å²) < 4.78 is 0. The van der Waals surface area contributed by atoms with E-state index in [1.165, 1.54) is 38.3 Å². The van der Waals surface area contributed by atoms with Crippen LogP contribution < -0.4 is 5.32 Å². The number of likely N-dealkylation sites (N-methyl/N-ethyl adjacent to an activating group) is 1. The number of nitrogens with one attached hydrogen (secondary N) is 1. The lowest BCUT2D eigenvalue weighted by molar-refractivity contribution is 0.130. The maximum Gasteiger partial charge on any atom is 0.0355 e. The molecule has 1 heterocycles. The van der Waals surface area contributed by atoms with Crippen LogP contribution in [0, 0.1) is 5.92 Å². The van der Waals surface area contributed by atoms with Crippen LogP contribution in [-0.2, 0) is 0 Å². The molecule has 1 N–H and O–H groups in total. The number of benzene rings is 1. The fourth-order valence-corrected chi connectivity index (χ4v) is 2.98. The summed E-state index contributed by atoms with van der Waals surface area (Å²) in [6.07, 6.45) is 0. The van der Waals surface area contributed by atoms with Gasteiger partial charge in [0.2, 0.25) is 0 Å². The standard InChI is InChI=1S/C16H27N3/c1-14(13-19-11-9-18(3)10-12-19)16(17-2)15-7-5-4-6-8-15/h4-8,14,16-17H,9-13H2,1-3H3/t14-,16+/m0/s1. The first-order valence-electron chi connectivity index (χ1n) is 7.34. The van der Waals surface area contributed by atoms with Crippen LogP contribution in [0.5, 0.6) is 0 Å². The van der Waals surface area contributed by atoms with Gasteiger partial charge in [0.05, 0.1) is 0 Å². The quantitative estimate of drug-likeness (QED) is 0.872. The van der Waals surface area contributed by atoms with Gasteiger partial charge in [-0.1, -0.05) is 37.3 Å². The molecule has 1 aliphatic rings. The summed E-state index contributed by atoms with van der Waals surface area (Å²) in [7, 11) is 4.28. The summed E-state index contributed by atoms with van der Waals surface area (Å²) in [6.45, 7) is 8.32. The van der Waals surface area contributed by atoms with Crippen molar-refractivity contribution in [3.05, 3.63) is 35.9 Å². The molecule has 106 valence electrons. The van der Waals surface area contributed by atoms with E-state index in [2.05, 4.69) is 66.5 Å². The smallest absolute Gasteiger partial charge is 0.0355 e. The number of piperazine rings is 1. The third-order valence-corrected chi connectivity index (χ3v) is 4.18. The van der Waals surface area contributed by atoms with Crippen LogP contribution in [0.3, 0.4) is 0 Å². The zero-order chi connectivity index (χ0) is 13.7. The topological polar surface area (TPSA) is 18.5 Å². The third kappa shape index (κ3) is 4.03. The van der Waals surface area contributed by atoms with Crippen LogP contribution in [0.4, 0.5) is 0 Å². The van der Waals surface area contributed by atoms with Gasteiger partial charge >= 0.3 is 0 Å². The second-order valence-corrected chi connectivity index (χ2v) is 5.76. The van der Waals surface area contributed by atoms with Crippen molar-refractivity contribution >= 4 is 0 Å². The van der Waals surface area contributed by atoms with Crippen LogP contribution in [-0.4, -0.2) is 56.6 Å². The molecule has 1 aromatic carbocycles. The Labute approximate surface area is 117 Å². The molecule has 0 aliphatic carbocycles. The molecular weight excluding hydrogens is 234 g/mol. The Morgan fingerprint density at radius 1 is 1.11 bits per heavy atom. The number of nitrogens with zero attached hydrogens (tertiary/aromatic N) is 2. The molecule has 0 radical (unpaired) electrons. The molecule has 0 amide bonds. The van der Waals surface area contributed by atoms with Crippen LogP contribution in [0.2, 0.25) is 0 Å². The first-order chi connectivity index (χ1) is 9.20. The maximum atomic E-state index is 3.48. The molecule has 3 nitrogen and oxygen atoms in total. The Kier molecular flexibility index (Phi) is 5.37. The van der Waals surface area contributed by atoms with Gasteiger partial charge in [-0.15, -0.1) is 0 Å². The zero-order valence-electron chi connectivity index (χ0n) is 12.5. The van der Waals surface area contributed by atoms with Crippen molar-refractivity contribution in [3.8, 4) is 0 Å². The van der Waals surface area contributed by atoms with Crippen molar-refractivity contribution in [2.75, 3.05) is 46.8 Å². The molecule has 1 fully saturated rings. The van der Waals surface area contributed by atoms with Gasteiger partial charge in [-0.05, 0) is 25.6 Å². The molecule has 0 unspecified atom stereocenters. The first-order valence-corrected chi connectivity index (χ1v) is 7.34. The van der Waals surface area contributed by atoms with Crippen molar-refractivity contribution in [2.24, 2.45) is 5.92 Å². The van der Waals surface area contributed by atoms with Crippen LogP contribution in [0.25, 0.3) is 0 Å². The first kappa shape index (κ1) is 14.5. The minimum Gasteiger partial charge on any atom is -0.313 e. The van der Waals surface area contributed by atoms with E-state index in [-0.39, 0.29) is 0 Å². The molecule has 2 rings (SSSR count). The van der Waals surface area contributed by atoms with E-state index in [1.807, 2.05) is 0 Å². The van der Waals surface area contributed by atoms with Gasteiger partial charge in [0.1, 0.15) is 0 Å². The van der Waals surface area contributed by atoms with Crippen LogP contribution in [0.15, 0.2) is 30.3 Å². The monoisotopic (exact) mass is 261 g/mol. The lowest BCUT2D eigenvalue weighted by Crippen LogP contribution is -2.47. The van der Waals surface area contributed by atoms with Gasteiger partial charge in [-0.2, -0.15) is 0 Å². The Balaban J connectivity index is 1.92. The second-order valence-electron chi connectivity index (χ2n) is 5.76. The average molecular weight is 261 g/mol. The average Bonchev–Trinajstić information content (AvgIpc) is 2.43. The number of hydrogen-bond acceptors (Lipinski definition) is 3. The van der Waals surface area contributed by atoms with E-state index >= 15 is 0 Å². The molecule has 0 saturated carbocycles. The van der Waals surface area contributed by atoms with Crippen LogP contribution >= 0.6 is 0 Å². The molecule has 1 aliphatic heterocycles. The van der Waals surface area contributed by atoms with Gasteiger partial charge in [-0.25, -0.2) is 0 Å². The van der Waals surface area contributed by atoms with Crippen molar-refractivity contribution in [2.45, 2.75) is 13.0 Å². The largest absolute Gasteiger partial charge is 0.313 e. The molecule has 0 bridgehead atoms. The Morgan fingerprint density at radius 3 is 2.32 bits per heavy atom. The normalized spacial score (nSPS) is 21.2. The van der Waals surface area contributed by atoms with E-state index in [4.69, 9.17) is 0 Å². The molecule has 19 heavy (non-hydrogen) atoms. The summed E-state index contributed by atoms with van der Waals surface area (Å²) in [4.78, 5) is 5.01. The minimum absolute atomic E-state index is 0.445. The summed E-state index contributed by atoms with van der Waals surface area (Å²) in [5, 5.41) is 3.48.